The van der Waals surface area contributed by atoms with Gasteiger partial charge in [-0.1, -0.05) is 18.9 Å². The summed E-state index contributed by atoms with van der Waals surface area (Å²) in [5.41, 5.74) is 0.802. The predicted molar refractivity (Wildman–Crippen MR) is 92.4 cm³/mol. The molecule has 0 aromatic heterocycles. The number of benzene rings is 1. The quantitative estimate of drug-likeness (QED) is 0.655. The first-order valence-corrected chi connectivity index (χ1v) is 8.74. The first kappa shape index (κ1) is 17.3. The van der Waals surface area contributed by atoms with Gasteiger partial charge < -0.3 is 19.5 Å². The van der Waals surface area contributed by atoms with Crippen molar-refractivity contribution >= 4 is 18.0 Å². The minimum Gasteiger partial charge on any atom is -0.490 e. The van der Waals surface area contributed by atoms with E-state index in [0.717, 1.165) is 37.7 Å². The second-order valence-corrected chi connectivity index (χ2v) is 6.25. The maximum atomic E-state index is 11.8. The van der Waals surface area contributed by atoms with Crippen LogP contribution in [-0.4, -0.2) is 37.7 Å². The van der Waals surface area contributed by atoms with E-state index in [1.165, 1.54) is 6.08 Å². The largest absolute Gasteiger partial charge is 0.490 e. The molecule has 1 saturated carbocycles. The Kier molecular flexibility index (Phi) is 5.93. The molecule has 1 heterocycles. The highest BCUT2D eigenvalue weighted by molar-refractivity contribution is 5.89. The zero-order valence-electron chi connectivity index (χ0n) is 14.2. The number of carbonyl (C=O) groups is 2. The molecule has 1 fully saturated rings. The highest BCUT2D eigenvalue weighted by Crippen LogP contribution is 2.30. The Bertz CT molecular complexity index is 649. The van der Waals surface area contributed by atoms with E-state index < -0.39 is 5.97 Å². The number of esters is 1. The number of hydrogen-bond acceptors (Lipinski definition) is 5. The van der Waals surface area contributed by atoms with Crippen molar-refractivity contribution in [1.82, 2.24) is 5.32 Å². The van der Waals surface area contributed by atoms with Crippen molar-refractivity contribution in [3.05, 3.63) is 29.8 Å². The topological polar surface area (TPSA) is 73.9 Å². The van der Waals surface area contributed by atoms with Crippen molar-refractivity contribution in [1.29, 1.82) is 0 Å². The summed E-state index contributed by atoms with van der Waals surface area (Å²) in [7, 11) is 0. The van der Waals surface area contributed by atoms with Gasteiger partial charge in [0.2, 0.25) is 0 Å². The zero-order chi connectivity index (χ0) is 17.5. The van der Waals surface area contributed by atoms with Gasteiger partial charge in [-0.2, -0.15) is 0 Å². The number of hydrogen-bond donors (Lipinski definition) is 1. The molecule has 134 valence electrons. The van der Waals surface area contributed by atoms with E-state index in [0.29, 0.717) is 24.7 Å². The van der Waals surface area contributed by atoms with Crippen molar-refractivity contribution in [3.8, 4) is 11.5 Å². The summed E-state index contributed by atoms with van der Waals surface area (Å²) < 4.78 is 16.1. The molecular formula is C19H23NO5. The van der Waals surface area contributed by atoms with Crippen molar-refractivity contribution in [3.63, 3.8) is 0 Å². The number of fused-ring (bicyclic) bond motifs is 1. The molecule has 6 heteroatoms. The molecule has 0 unspecified atom stereocenters. The third kappa shape index (κ3) is 5.24. The molecule has 1 amide bonds. The molecule has 1 aromatic rings. The molecule has 1 aliphatic carbocycles. The molecule has 0 radical (unpaired) electrons. The van der Waals surface area contributed by atoms with Gasteiger partial charge in [-0.15, -0.1) is 0 Å². The van der Waals surface area contributed by atoms with Crippen LogP contribution in [0.5, 0.6) is 11.5 Å². The highest BCUT2D eigenvalue weighted by Gasteiger charge is 2.17. The van der Waals surface area contributed by atoms with Crippen LogP contribution in [0.1, 0.15) is 37.7 Å². The monoisotopic (exact) mass is 345 g/mol. The zero-order valence-corrected chi connectivity index (χ0v) is 14.2. The number of carbonyl (C=O) groups excluding carboxylic acids is 2. The van der Waals surface area contributed by atoms with Crippen molar-refractivity contribution in [2.75, 3.05) is 19.8 Å². The van der Waals surface area contributed by atoms with E-state index >= 15 is 0 Å². The standard InChI is InChI=1S/C19H23NO5/c21-18(20-15-4-1-2-5-15)13-25-19(22)9-7-14-6-8-16-17(12-14)24-11-3-10-23-16/h6-9,12,15H,1-5,10-11,13H2,(H,20,21)/b9-7+. The Hall–Kier alpha value is -2.50. The van der Waals surface area contributed by atoms with Crippen molar-refractivity contribution < 1.29 is 23.8 Å². The van der Waals surface area contributed by atoms with E-state index in [1.54, 1.807) is 6.08 Å². The average Bonchev–Trinajstić information content (AvgIpc) is 3.00. The molecule has 2 aliphatic rings. The van der Waals surface area contributed by atoms with E-state index in [9.17, 15) is 9.59 Å². The molecule has 0 bridgehead atoms. The lowest BCUT2D eigenvalue weighted by atomic mass is 10.2. The summed E-state index contributed by atoms with van der Waals surface area (Å²) in [4.78, 5) is 23.5. The van der Waals surface area contributed by atoms with Gasteiger partial charge in [-0.05, 0) is 36.6 Å². The third-order valence-electron chi connectivity index (χ3n) is 4.25. The lowest BCUT2D eigenvalue weighted by Crippen LogP contribution is -2.35. The van der Waals surface area contributed by atoms with E-state index in [-0.39, 0.29) is 18.6 Å². The molecule has 6 nitrogen and oxygen atoms in total. The summed E-state index contributed by atoms with van der Waals surface area (Å²) >= 11 is 0. The molecule has 0 atom stereocenters. The normalized spacial score (nSPS) is 17.3. The van der Waals surface area contributed by atoms with Gasteiger partial charge in [0.25, 0.3) is 5.91 Å². The Balaban J connectivity index is 1.47. The first-order chi connectivity index (χ1) is 12.2. The van der Waals surface area contributed by atoms with Crippen LogP contribution in [-0.2, 0) is 14.3 Å². The SMILES string of the molecule is O=C(COC(=O)/C=C/c1ccc2c(c1)OCCCO2)NC1CCCC1. The Morgan fingerprint density at radius 1 is 1.12 bits per heavy atom. The van der Waals surface area contributed by atoms with E-state index in [4.69, 9.17) is 14.2 Å². The van der Waals surface area contributed by atoms with Crippen LogP contribution in [0.2, 0.25) is 0 Å². The number of nitrogens with one attached hydrogen (secondary N) is 1. The third-order valence-corrected chi connectivity index (χ3v) is 4.25. The average molecular weight is 345 g/mol. The molecule has 1 aromatic carbocycles. The molecule has 0 saturated heterocycles. The minimum atomic E-state index is -0.548. The summed E-state index contributed by atoms with van der Waals surface area (Å²) in [6.07, 6.45) is 8.07. The fraction of sp³-hybridized carbons (Fsp3) is 0.474. The van der Waals surface area contributed by atoms with Crippen LogP contribution >= 0.6 is 0 Å². The Morgan fingerprint density at radius 3 is 2.68 bits per heavy atom. The van der Waals surface area contributed by atoms with Gasteiger partial charge in [0.1, 0.15) is 0 Å². The molecule has 0 spiro atoms. The van der Waals surface area contributed by atoms with Crippen LogP contribution in [0.4, 0.5) is 0 Å². The van der Waals surface area contributed by atoms with Crippen molar-refractivity contribution in [2.24, 2.45) is 0 Å². The van der Waals surface area contributed by atoms with Crippen LogP contribution in [0.3, 0.4) is 0 Å². The van der Waals surface area contributed by atoms with Crippen LogP contribution in [0.25, 0.3) is 6.08 Å². The lowest BCUT2D eigenvalue weighted by Gasteiger charge is -2.11. The van der Waals surface area contributed by atoms with Crippen LogP contribution < -0.4 is 14.8 Å². The van der Waals surface area contributed by atoms with Gasteiger partial charge in [0.05, 0.1) is 13.2 Å². The van der Waals surface area contributed by atoms with Gasteiger partial charge in [-0.25, -0.2) is 4.79 Å². The highest BCUT2D eigenvalue weighted by atomic mass is 16.5. The van der Waals surface area contributed by atoms with Gasteiger partial charge in [-0.3, -0.25) is 4.79 Å². The first-order valence-electron chi connectivity index (χ1n) is 8.74. The molecule has 25 heavy (non-hydrogen) atoms. The molecular weight excluding hydrogens is 322 g/mol. The smallest absolute Gasteiger partial charge is 0.331 e. The number of amides is 1. The van der Waals surface area contributed by atoms with Gasteiger partial charge in [0, 0.05) is 18.5 Å². The maximum Gasteiger partial charge on any atom is 0.331 e. The van der Waals surface area contributed by atoms with E-state index in [1.807, 2.05) is 18.2 Å². The lowest BCUT2D eigenvalue weighted by molar-refractivity contribution is -0.144. The van der Waals surface area contributed by atoms with Gasteiger partial charge >= 0.3 is 5.97 Å². The second kappa shape index (κ2) is 8.55. The van der Waals surface area contributed by atoms with Crippen molar-refractivity contribution in [2.45, 2.75) is 38.1 Å². The summed E-state index contributed by atoms with van der Waals surface area (Å²) in [6, 6.07) is 5.70. The summed E-state index contributed by atoms with van der Waals surface area (Å²) in [5, 5.41) is 2.88. The Morgan fingerprint density at radius 2 is 1.88 bits per heavy atom. The maximum absolute atomic E-state index is 11.8. The molecule has 1 N–H and O–H groups in total. The summed E-state index contributed by atoms with van der Waals surface area (Å²) in [6.45, 7) is 0.997. The fourth-order valence-corrected chi connectivity index (χ4v) is 2.97. The second-order valence-electron chi connectivity index (χ2n) is 6.25. The summed E-state index contributed by atoms with van der Waals surface area (Å²) in [5.74, 6) is 0.586. The fourth-order valence-electron chi connectivity index (χ4n) is 2.97. The number of rotatable bonds is 5. The predicted octanol–water partition coefficient (Wildman–Crippen LogP) is 2.46. The Labute approximate surface area is 147 Å². The van der Waals surface area contributed by atoms with Crippen LogP contribution in [0.15, 0.2) is 24.3 Å². The molecule has 1 aliphatic heterocycles. The number of ether oxygens (including phenoxy) is 3. The van der Waals surface area contributed by atoms with Gasteiger partial charge in [0.15, 0.2) is 18.1 Å². The molecule has 3 rings (SSSR count). The van der Waals surface area contributed by atoms with E-state index in [2.05, 4.69) is 5.32 Å². The minimum absolute atomic E-state index is 0.226. The van der Waals surface area contributed by atoms with Crippen LogP contribution in [0, 0.1) is 0 Å².